The lowest BCUT2D eigenvalue weighted by atomic mass is 10.3. The third-order valence-electron chi connectivity index (χ3n) is 2.50. The van der Waals surface area contributed by atoms with Crippen LogP contribution in [0.4, 0.5) is 0 Å². The van der Waals surface area contributed by atoms with Crippen LogP contribution in [0.1, 0.15) is 12.0 Å². The van der Waals surface area contributed by atoms with Crippen LogP contribution in [-0.2, 0) is 6.54 Å². The number of pyridine rings is 1. The smallest absolute Gasteiger partial charge is 0.106 e. The maximum atomic E-state index is 5.84. The van der Waals surface area contributed by atoms with Gasteiger partial charge in [0.2, 0.25) is 0 Å². The summed E-state index contributed by atoms with van der Waals surface area (Å²) in [6.07, 6.45) is 3.03. The molecule has 0 radical (unpaired) electrons. The Morgan fingerprint density at radius 3 is 3.00 bits per heavy atom. The van der Waals surface area contributed by atoms with Crippen LogP contribution in [0.2, 0.25) is 0 Å². The molecule has 1 aromatic rings. The van der Waals surface area contributed by atoms with Gasteiger partial charge in [-0.15, -0.1) is 0 Å². The standard InChI is InChI=1S/C10H14BrN3/c11-10-2-1-8(5-13-10)6-14-4-3-9(12)7-14/h1-2,5,9H,3-4,6-7,12H2/t9-/m1/s1. The van der Waals surface area contributed by atoms with Crippen LogP contribution >= 0.6 is 15.9 Å². The number of nitrogens with zero attached hydrogens (tertiary/aromatic N) is 2. The molecule has 0 unspecified atom stereocenters. The van der Waals surface area contributed by atoms with Crippen molar-refractivity contribution in [3.05, 3.63) is 28.5 Å². The molecule has 1 atom stereocenters. The second kappa shape index (κ2) is 4.38. The fourth-order valence-electron chi connectivity index (χ4n) is 1.76. The van der Waals surface area contributed by atoms with E-state index in [4.69, 9.17) is 5.73 Å². The van der Waals surface area contributed by atoms with Gasteiger partial charge < -0.3 is 5.73 Å². The SMILES string of the molecule is N[C@@H]1CCN(Cc2ccc(Br)nc2)C1. The number of aromatic nitrogens is 1. The third-order valence-corrected chi connectivity index (χ3v) is 2.97. The number of hydrogen-bond donors (Lipinski definition) is 1. The summed E-state index contributed by atoms with van der Waals surface area (Å²) in [5, 5.41) is 0. The van der Waals surface area contributed by atoms with Gasteiger partial charge >= 0.3 is 0 Å². The molecule has 0 saturated carbocycles. The molecular formula is C10H14BrN3. The van der Waals surface area contributed by atoms with Gasteiger partial charge in [-0.1, -0.05) is 6.07 Å². The Kier molecular flexibility index (Phi) is 3.15. The fraction of sp³-hybridized carbons (Fsp3) is 0.500. The van der Waals surface area contributed by atoms with Crippen molar-refractivity contribution in [2.75, 3.05) is 13.1 Å². The van der Waals surface area contributed by atoms with Crippen molar-refractivity contribution in [2.24, 2.45) is 5.73 Å². The molecular weight excluding hydrogens is 242 g/mol. The zero-order valence-corrected chi connectivity index (χ0v) is 9.57. The molecule has 76 valence electrons. The van der Waals surface area contributed by atoms with Gasteiger partial charge in [-0.2, -0.15) is 0 Å². The highest BCUT2D eigenvalue weighted by Crippen LogP contribution is 2.13. The van der Waals surface area contributed by atoms with Crippen molar-refractivity contribution in [2.45, 2.75) is 19.0 Å². The van der Waals surface area contributed by atoms with Crippen molar-refractivity contribution in [3.63, 3.8) is 0 Å². The first kappa shape index (κ1) is 10.1. The van der Waals surface area contributed by atoms with Crippen molar-refractivity contribution < 1.29 is 0 Å². The minimum Gasteiger partial charge on any atom is -0.326 e. The van der Waals surface area contributed by atoms with Crippen molar-refractivity contribution in [1.82, 2.24) is 9.88 Å². The minimum absolute atomic E-state index is 0.360. The Labute approximate surface area is 92.4 Å². The van der Waals surface area contributed by atoms with E-state index in [0.29, 0.717) is 6.04 Å². The summed E-state index contributed by atoms with van der Waals surface area (Å²) in [4.78, 5) is 6.57. The van der Waals surface area contributed by atoms with E-state index in [0.717, 1.165) is 30.7 Å². The van der Waals surface area contributed by atoms with Crippen LogP contribution in [0, 0.1) is 0 Å². The van der Waals surface area contributed by atoms with E-state index in [-0.39, 0.29) is 0 Å². The summed E-state index contributed by atoms with van der Waals surface area (Å²) in [5.74, 6) is 0. The minimum atomic E-state index is 0.360. The average molecular weight is 256 g/mol. The Morgan fingerprint density at radius 2 is 2.43 bits per heavy atom. The summed E-state index contributed by atoms with van der Waals surface area (Å²) in [6.45, 7) is 3.08. The molecule has 1 aliphatic rings. The lowest BCUT2D eigenvalue weighted by Crippen LogP contribution is -2.26. The van der Waals surface area contributed by atoms with Crippen LogP contribution in [0.5, 0.6) is 0 Å². The molecule has 1 saturated heterocycles. The second-order valence-electron chi connectivity index (χ2n) is 3.77. The van der Waals surface area contributed by atoms with Gasteiger partial charge in [0.25, 0.3) is 0 Å². The van der Waals surface area contributed by atoms with Crippen molar-refractivity contribution >= 4 is 15.9 Å². The van der Waals surface area contributed by atoms with Gasteiger partial charge in [0.1, 0.15) is 4.60 Å². The topological polar surface area (TPSA) is 42.1 Å². The lowest BCUT2D eigenvalue weighted by molar-refractivity contribution is 0.326. The van der Waals surface area contributed by atoms with E-state index in [1.54, 1.807) is 0 Å². The number of nitrogens with two attached hydrogens (primary N) is 1. The predicted octanol–water partition coefficient (Wildman–Crippen LogP) is 1.38. The number of likely N-dealkylation sites (tertiary alicyclic amines) is 1. The molecule has 2 N–H and O–H groups in total. The Balaban J connectivity index is 1.94. The van der Waals surface area contributed by atoms with Crippen LogP contribution in [0.15, 0.2) is 22.9 Å². The molecule has 4 heteroatoms. The van der Waals surface area contributed by atoms with Crippen LogP contribution < -0.4 is 5.73 Å². The first-order valence-electron chi connectivity index (χ1n) is 4.82. The molecule has 0 aliphatic carbocycles. The van der Waals surface area contributed by atoms with Crippen LogP contribution in [-0.4, -0.2) is 29.0 Å². The van der Waals surface area contributed by atoms with E-state index in [1.807, 2.05) is 12.3 Å². The molecule has 2 rings (SSSR count). The molecule has 1 aliphatic heterocycles. The zero-order chi connectivity index (χ0) is 9.97. The maximum Gasteiger partial charge on any atom is 0.106 e. The largest absolute Gasteiger partial charge is 0.326 e. The van der Waals surface area contributed by atoms with Crippen LogP contribution in [0.3, 0.4) is 0 Å². The van der Waals surface area contributed by atoms with Gasteiger partial charge in [-0.3, -0.25) is 4.90 Å². The summed E-state index contributed by atoms with van der Waals surface area (Å²) in [7, 11) is 0. The normalized spacial score (nSPS) is 22.9. The quantitative estimate of drug-likeness (QED) is 0.813. The molecule has 1 aromatic heterocycles. The molecule has 0 bridgehead atoms. The summed E-state index contributed by atoms with van der Waals surface area (Å²) in [5.41, 5.74) is 7.09. The lowest BCUT2D eigenvalue weighted by Gasteiger charge is -2.14. The van der Waals surface area contributed by atoms with E-state index in [1.165, 1.54) is 5.56 Å². The fourth-order valence-corrected chi connectivity index (χ4v) is 2.00. The third kappa shape index (κ3) is 2.53. The van der Waals surface area contributed by atoms with E-state index in [2.05, 4.69) is 31.9 Å². The Morgan fingerprint density at radius 1 is 1.57 bits per heavy atom. The number of rotatable bonds is 2. The first-order valence-corrected chi connectivity index (χ1v) is 5.62. The Bertz CT molecular complexity index is 299. The van der Waals surface area contributed by atoms with Crippen LogP contribution in [0.25, 0.3) is 0 Å². The van der Waals surface area contributed by atoms with Gasteiger partial charge in [0.05, 0.1) is 0 Å². The van der Waals surface area contributed by atoms with Gasteiger partial charge in [-0.25, -0.2) is 4.98 Å². The molecule has 0 amide bonds. The summed E-state index contributed by atoms with van der Waals surface area (Å²) >= 11 is 3.32. The maximum absolute atomic E-state index is 5.84. The summed E-state index contributed by atoms with van der Waals surface area (Å²) < 4.78 is 0.888. The number of hydrogen-bond acceptors (Lipinski definition) is 3. The second-order valence-corrected chi connectivity index (χ2v) is 4.59. The molecule has 1 fully saturated rings. The highest BCUT2D eigenvalue weighted by Gasteiger charge is 2.18. The van der Waals surface area contributed by atoms with E-state index >= 15 is 0 Å². The first-order chi connectivity index (χ1) is 6.74. The van der Waals surface area contributed by atoms with Gasteiger partial charge in [0, 0.05) is 31.9 Å². The molecule has 14 heavy (non-hydrogen) atoms. The zero-order valence-electron chi connectivity index (χ0n) is 7.99. The van der Waals surface area contributed by atoms with E-state index in [9.17, 15) is 0 Å². The molecule has 2 heterocycles. The van der Waals surface area contributed by atoms with Crippen molar-refractivity contribution in [1.29, 1.82) is 0 Å². The highest BCUT2D eigenvalue weighted by atomic mass is 79.9. The molecule has 0 spiro atoms. The van der Waals surface area contributed by atoms with Gasteiger partial charge in [0.15, 0.2) is 0 Å². The Hall–Kier alpha value is -0.450. The van der Waals surface area contributed by atoms with Gasteiger partial charge in [-0.05, 0) is 34.0 Å². The summed E-state index contributed by atoms with van der Waals surface area (Å²) in [6, 6.07) is 4.44. The average Bonchev–Trinajstić information content (AvgIpc) is 2.56. The number of halogens is 1. The molecule has 0 aromatic carbocycles. The van der Waals surface area contributed by atoms with Crippen molar-refractivity contribution in [3.8, 4) is 0 Å². The monoisotopic (exact) mass is 255 g/mol. The highest BCUT2D eigenvalue weighted by molar-refractivity contribution is 9.10. The predicted molar refractivity (Wildman–Crippen MR) is 59.8 cm³/mol. The van der Waals surface area contributed by atoms with E-state index < -0.39 is 0 Å². The molecule has 3 nitrogen and oxygen atoms in total.